The fraction of sp³-hybridized carbons (Fsp3) is 0.538. The molecule has 1 spiro atoms. The molecule has 0 saturated carbocycles. The van der Waals surface area contributed by atoms with Crippen molar-refractivity contribution >= 4 is 23.0 Å². The summed E-state index contributed by atoms with van der Waals surface area (Å²) in [6, 6.07) is 2.92. The van der Waals surface area contributed by atoms with E-state index in [0.29, 0.717) is 10.4 Å². The van der Waals surface area contributed by atoms with Gasteiger partial charge in [0.2, 0.25) is 0 Å². The van der Waals surface area contributed by atoms with Gasteiger partial charge in [0.25, 0.3) is 0 Å². The number of rotatable bonds is 1. The van der Waals surface area contributed by atoms with Crippen molar-refractivity contribution < 1.29 is 9.13 Å². The summed E-state index contributed by atoms with van der Waals surface area (Å²) in [5.41, 5.74) is 6.96. The molecular weight excluding hydrogens is 255 g/mol. The van der Waals surface area contributed by atoms with Crippen LogP contribution in [0.25, 0.3) is 0 Å². The third kappa shape index (κ3) is 1.93. The number of hydrogen-bond donors (Lipinski definition) is 1. The van der Waals surface area contributed by atoms with Crippen LogP contribution in [-0.4, -0.2) is 26.3 Å². The molecule has 0 aliphatic carbocycles. The van der Waals surface area contributed by atoms with Gasteiger partial charge >= 0.3 is 0 Å². The minimum Gasteiger partial charge on any atom is -0.396 e. The molecule has 1 aromatic rings. The molecule has 3 rings (SSSR count). The highest BCUT2D eigenvalue weighted by atomic mass is 35.5. The van der Waals surface area contributed by atoms with Crippen LogP contribution >= 0.6 is 11.6 Å². The van der Waals surface area contributed by atoms with Crippen molar-refractivity contribution in [2.75, 3.05) is 36.9 Å². The molecular formula is C13H16ClFN2O. The summed E-state index contributed by atoms with van der Waals surface area (Å²) < 4.78 is 18.6. The molecule has 0 aromatic heterocycles. The second-order valence-electron chi connectivity index (χ2n) is 5.29. The molecule has 18 heavy (non-hydrogen) atoms. The van der Waals surface area contributed by atoms with Crippen molar-refractivity contribution in [1.82, 2.24) is 0 Å². The Balaban J connectivity index is 1.76. The molecule has 2 saturated heterocycles. The van der Waals surface area contributed by atoms with Crippen LogP contribution in [0, 0.1) is 11.2 Å². The standard InChI is InChI=1S/C13H16ClFN2O/c14-9-5-10(15)11(16)6-12(9)17-7-13(8-17)1-3-18-4-2-13/h5-6H,1-4,7-8,16H2. The molecule has 2 aliphatic heterocycles. The topological polar surface area (TPSA) is 38.5 Å². The van der Waals surface area contributed by atoms with Crippen molar-refractivity contribution in [2.24, 2.45) is 5.41 Å². The number of hydrogen-bond acceptors (Lipinski definition) is 3. The van der Waals surface area contributed by atoms with E-state index in [4.69, 9.17) is 22.1 Å². The lowest BCUT2D eigenvalue weighted by atomic mass is 9.73. The zero-order valence-electron chi connectivity index (χ0n) is 10.1. The maximum Gasteiger partial charge on any atom is 0.147 e. The van der Waals surface area contributed by atoms with Crippen molar-refractivity contribution in [2.45, 2.75) is 12.8 Å². The summed E-state index contributed by atoms with van der Waals surface area (Å²) in [6.07, 6.45) is 2.19. The van der Waals surface area contributed by atoms with Crippen LogP contribution in [0.5, 0.6) is 0 Å². The van der Waals surface area contributed by atoms with Gasteiger partial charge in [0.1, 0.15) is 5.82 Å². The van der Waals surface area contributed by atoms with Gasteiger partial charge in [-0.1, -0.05) is 11.6 Å². The van der Waals surface area contributed by atoms with Crippen LogP contribution in [-0.2, 0) is 4.74 Å². The monoisotopic (exact) mass is 270 g/mol. The summed E-state index contributed by atoms with van der Waals surface area (Å²) in [7, 11) is 0. The molecule has 2 aliphatic rings. The van der Waals surface area contributed by atoms with E-state index in [0.717, 1.165) is 44.8 Å². The maximum atomic E-state index is 13.2. The Morgan fingerprint density at radius 3 is 2.61 bits per heavy atom. The number of nitrogens with two attached hydrogens (primary N) is 1. The highest BCUT2D eigenvalue weighted by Gasteiger charge is 2.44. The molecule has 5 heteroatoms. The highest BCUT2D eigenvalue weighted by molar-refractivity contribution is 6.33. The lowest BCUT2D eigenvalue weighted by molar-refractivity contribution is -0.000182. The maximum absolute atomic E-state index is 13.2. The summed E-state index contributed by atoms with van der Waals surface area (Å²) in [6.45, 7) is 3.60. The summed E-state index contributed by atoms with van der Waals surface area (Å²) in [5.74, 6) is -0.454. The Morgan fingerprint density at radius 2 is 1.94 bits per heavy atom. The SMILES string of the molecule is Nc1cc(N2CC3(CCOCC3)C2)c(Cl)cc1F. The Labute approximate surface area is 111 Å². The third-order valence-corrected chi connectivity index (χ3v) is 4.32. The van der Waals surface area contributed by atoms with E-state index >= 15 is 0 Å². The van der Waals surface area contributed by atoms with Gasteiger partial charge in [0.15, 0.2) is 0 Å². The van der Waals surface area contributed by atoms with E-state index in [1.54, 1.807) is 6.07 Å². The largest absolute Gasteiger partial charge is 0.396 e. The van der Waals surface area contributed by atoms with E-state index in [1.807, 2.05) is 0 Å². The van der Waals surface area contributed by atoms with Crippen LogP contribution in [0.15, 0.2) is 12.1 Å². The van der Waals surface area contributed by atoms with Crippen LogP contribution < -0.4 is 10.6 Å². The van der Waals surface area contributed by atoms with Gasteiger partial charge in [-0.2, -0.15) is 0 Å². The zero-order chi connectivity index (χ0) is 12.8. The molecule has 0 amide bonds. The van der Waals surface area contributed by atoms with Gasteiger partial charge in [0, 0.05) is 31.7 Å². The van der Waals surface area contributed by atoms with Crippen molar-refractivity contribution in [3.63, 3.8) is 0 Å². The number of benzene rings is 1. The number of anilines is 2. The first kappa shape index (κ1) is 12.1. The van der Waals surface area contributed by atoms with E-state index < -0.39 is 5.82 Å². The molecule has 2 N–H and O–H groups in total. The molecule has 0 radical (unpaired) electrons. The molecule has 0 atom stereocenters. The van der Waals surface area contributed by atoms with E-state index in [2.05, 4.69) is 4.90 Å². The van der Waals surface area contributed by atoms with Gasteiger partial charge in [-0.05, 0) is 25.0 Å². The lowest BCUT2D eigenvalue weighted by Crippen LogP contribution is -2.58. The quantitative estimate of drug-likeness (QED) is 0.798. The number of ether oxygens (including phenoxy) is 1. The third-order valence-electron chi connectivity index (χ3n) is 4.01. The summed E-state index contributed by atoms with van der Waals surface area (Å²) in [5, 5.41) is 0.434. The molecule has 98 valence electrons. The van der Waals surface area contributed by atoms with E-state index in [-0.39, 0.29) is 5.69 Å². The highest BCUT2D eigenvalue weighted by Crippen LogP contribution is 2.44. The van der Waals surface area contributed by atoms with Gasteiger partial charge < -0.3 is 15.4 Å². The summed E-state index contributed by atoms with van der Waals surface area (Å²) in [4.78, 5) is 2.17. The molecule has 3 nitrogen and oxygen atoms in total. The first-order valence-corrected chi connectivity index (χ1v) is 6.55. The Bertz CT molecular complexity index is 466. The predicted molar refractivity (Wildman–Crippen MR) is 70.5 cm³/mol. The molecule has 2 fully saturated rings. The lowest BCUT2D eigenvalue weighted by Gasteiger charge is -2.53. The van der Waals surface area contributed by atoms with Crippen LogP contribution in [0.4, 0.5) is 15.8 Å². The predicted octanol–water partition coefficient (Wildman–Crippen LogP) is 2.68. The average molecular weight is 271 g/mol. The molecule has 0 unspecified atom stereocenters. The average Bonchev–Trinajstić information content (AvgIpc) is 2.32. The fourth-order valence-electron chi connectivity index (χ4n) is 2.85. The Hall–Kier alpha value is -1.00. The molecule has 2 heterocycles. The summed E-state index contributed by atoms with van der Waals surface area (Å²) >= 11 is 6.07. The Morgan fingerprint density at radius 1 is 1.28 bits per heavy atom. The molecule has 0 bridgehead atoms. The minimum atomic E-state index is -0.454. The number of nitrogens with zero attached hydrogens (tertiary/aromatic N) is 1. The van der Waals surface area contributed by atoms with Crippen LogP contribution in [0.2, 0.25) is 5.02 Å². The fourth-order valence-corrected chi connectivity index (χ4v) is 3.12. The van der Waals surface area contributed by atoms with E-state index in [9.17, 15) is 4.39 Å². The Kier molecular flexibility index (Phi) is 2.87. The van der Waals surface area contributed by atoms with Gasteiger partial charge in [-0.15, -0.1) is 0 Å². The van der Waals surface area contributed by atoms with Crippen molar-refractivity contribution in [1.29, 1.82) is 0 Å². The van der Waals surface area contributed by atoms with Crippen molar-refractivity contribution in [3.05, 3.63) is 23.0 Å². The first-order valence-electron chi connectivity index (χ1n) is 6.17. The first-order chi connectivity index (χ1) is 8.60. The van der Waals surface area contributed by atoms with Gasteiger partial charge in [0.05, 0.1) is 16.4 Å². The van der Waals surface area contributed by atoms with E-state index in [1.165, 1.54) is 6.07 Å². The number of nitrogen functional groups attached to an aromatic ring is 1. The molecule has 1 aromatic carbocycles. The normalized spacial score (nSPS) is 22.0. The van der Waals surface area contributed by atoms with Gasteiger partial charge in [-0.25, -0.2) is 4.39 Å². The van der Waals surface area contributed by atoms with Crippen LogP contribution in [0.3, 0.4) is 0 Å². The zero-order valence-corrected chi connectivity index (χ0v) is 10.8. The smallest absolute Gasteiger partial charge is 0.147 e. The van der Waals surface area contributed by atoms with Crippen molar-refractivity contribution in [3.8, 4) is 0 Å². The van der Waals surface area contributed by atoms with Gasteiger partial charge in [-0.3, -0.25) is 0 Å². The second-order valence-corrected chi connectivity index (χ2v) is 5.70. The van der Waals surface area contributed by atoms with Crippen LogP contribution in [0.1, 0.15) is 12.8 Å². The second kappa shape index (κ2) is 4.28. The minimum absolute atomic E-state index is 0.155. The number of halogens is 2.